The molecule has 0 amide bonds. The van der Waals surface area contributed by atoms with Crippen molar-refractivity contribution in [3.8, 4) is 0 Å². The van der Waals surface area contributed by atoms with Crippen LogP contribution in [-0.2, 0) is 4.74 Å². The minimum absolute atomic E-state index is 0.136. The van der Waals surface area contributed by atoms with Crippen molar-refractivity contribution in [3.05, 3.63) is 12.2 Å². The summed E-state index contributed by atoms with van der Waals surface area (Å²) in [6.07, 6.45) is 3.59. The number of thiocarbonyl (C=S) groups is 1. The molecule has 0 unspecified atom stereocenters. The number of ether oxygens (including phenoxy) is 1. The molecule has 1 heterocycles. The van der Waals surface area contributed by atoms with Crippen molar-refractivity contribution in [1.82, 2.24) is 5.43 Å². The highest BCUT2D eigenvalue weighted by Crippen LogP contribution is 1.93. The Bertz CT molecular complexity index is 199. The molecule has 10 heavy (non-hydrogen) atoms. The number of nitrogens with one attached hydrogen (secondary N) is 1. The van der Waals surface area contributed by atoms with E-state index in [2.05, 4.69) is 22.7 Å². The van der Waals surface area contributed by atoms with Gasteiger partial charge in [-0.25, -0.2) is 0 Å². The Morgan fingerprint density at radius 1 is 1.90 bits per heavy atom. The van der Waals surface area contributed by atoms with Crippen LogP contribution in [0.5, 0.6) is 0 Å². The summed E-state index contributed by atoms with van der Waals surface area (Å²) in [6.45, 7) is 0.567. The first-order valence-electron chi connectivity index (χ1n) is 2.71. The molecule has 1 rings (SSSR count). The van der Waals surface area contributed by atoms with Crippen LogP contribution in [0.3, 0.4) is 0 Å². The average Bonchev–Trinajstić information content (AvgIpc) is 2.34. The van der Waals surface area contributed by atoms with Gasteiger partial charge in [-0.15, -0.1) is 5.10 Å². The Labute approximate surface area is 63.7 Å². The van der Waals surface area contributed by atoms with Gasteiger partial charge in [-0.05, 0) is 18.3 Å². The molecule has 3 N–H and O–H groups in total. The lowest BCUT2D eigenvalue weighted by molar-refractivity contribution is 0.364. The average molecular weight is 157 g/mol. The monoisotopic (exact) mass is 157 g/mol. The van der Waals surface area contributed by atoms with Crippen molar-refractivity contribution in [2.24, 2.45) is 10.8 Å². The van der Waals surface area contributed by atoms with Crippen LogP contribution in [0, 0.1) is 0 Å². The standard InChI is InChI=1S/C5H7N3OS/c6-5(10)8-7-4-2-1-3-9-4/h1-2H,3H2,(H3,6,8,10). The SMILES string of the molecule is NC(=S)NN=C1C=CCO1. The van der Waals surface area contributed by atoms with E-state index in [1.54, 1.807) is 6.08 Å². The Balaban J connectivity index is 2.39. The van der Waals surface area contributed by atoms with E-state index < -0.39 is 0 Å². The molecule has 0 radical (unpaired) electrons. The van der Waals surface area contributed by atoms with Crippen LogP contribution < -0.4 is 11.2 Å². The number of hydrazone groups is 1. The van der Waals surface area contributed by atoms with Crippen molar-refractivity contribution in [3.63, 3.8) is 0 Å². The van der Waals surface area contributed by atoms with Crippen molar-refractivity contribution in [1.29, 1.82) is 0 Å². The molecule has 1 aliphatic rings. The molecule has 0 spiro atoms. The van der Waals surface area contributed by atoms with E-state index in [0.29, 0.717) is 12.5 Å². The third-order valence-corrected chi connectivity index (χ3v) is 0.955. The minimum Gasteiger partial charge on any atom is -0.472 e. The molecule has 0 atom stereocenters. The van der Waals surface area contributed by atoms with Crippen LogP contribution in [0.15, 0.2) is 17.3 Å². The number of hydrogen-bond donors (Lipinski definition) is 2. The van der Waals surface area contributed by atoms with Gasteiger partial charge in [0, 0.05) is 6.08 Å². The van der Waals surface area contributed by atoms with Crippen molar-refractivity contribution in [2.45, 2.75) is 0 Å². The second-order valence-corrected chi connectivity index (χ2v) is 2.08. The first kappa shape index (κ1) is 7.01. The zero-order chi connectivity index (χ0) is 7.40. The summed E-state index contributed by atoms with van der Waals surface area (Å²) >= 11 is 4.51. The molecule has 0 fully saturated rings. The van der Waals surface area contributed by atoms with E-state index in [1.165, 1.54) is 0 Å². The van der Waals surface area contributed by atoms with Gasteiger partial charge >= 0.3 is 0 Å². The highest BCUT2D eigenvalue weighted by atomic mass is 32.1. The van der Waals surface area contributed by atoms with Gasteiger partial charge in [-0.2, -0.15) is 0 Å². The minimum atomic E-state index is 0.136. The summed E-state index contributed by atoms with van der Waals surface area (Å²) in [6, 6.07) is 0. The van der Waals surface area contributed by atoms with Gasteiger partial charge in [-0.3, -0.25) is 5.43 Å². The first-order chi connectivity index (χ1) is 4.79. The summed E-state index contributed by atoms with van der Waals surface area (Å²) in [5.41, 5.74) is 7.51. The molecule has 0 aromatic heterocycles. The van der Waals surface area contributed by atoms with E-state index in [9.17, 15) is 0 Å². The van der Waals surface area contributed by atoms with E-state index in [1.807, 2.05) is 6.08 Å². The van der Waals surface area contributed by atoms with E-state index in [-0.39, 0.29) is 5.11 Å². The highest BCUT2D eigenvalue weighted by molar-refractivity contribution is 7.80. The third kappa shape index (κ3) is 2.02. The molecule has 0 bridgehead atoms. The normalized spacial score (nSPS) is 19.0. The molecule has 0 saturated heterocycles. The molecule has 5 heteroatoms. The van der Waals surface area contributed by atoms with Crippen molar-refractivity contribution >= 4 is 23.2 Å². The fourth-order valence-electron chi connectivity index (χ4n) is 0.510. The molecular formula is C5H7N3OS. The Kier molecular flexibility index (Phi) is 2.22. The van der Waals surface area contributed by atoms with Gasteiger partial charge in [0.1, 0.15) is 6.61 Å². The molecule has 1 aliphatic heterocycles. The van der Waals surface area contributed by atoms with Gasteiger partial charge in [0.2, 0.25) is 5.90 Å². The lowest BCUT2D eigenvalue weighted by atomic mass is 10.6. The van der Waals surface area contributed by atoms with Crippen LogP contribution >= 0.6 is 12.2 Å². The van der Waals surface area contributed by atoms with Crippen LogP contribution in [0.2, 0.25) is 0 Å². The molecule has 0 saturated carbocycles. The highest BCUT2D eigenvalue weighted by Gasteiger charge is 1.99. The maximum atomic E-state index is 5.10. The van der Waals surface area contributed by atoms with Crippen LogP contribution in [-0.4, -0.2) is 17.6 Å². The Morgan fingerprint density at radius 2 is 2.70 bits per heavy atom. The maximum Gasteiger partial charge on any atom is 0.231 e. The molecule has 0 aromatic carbocycles. The summed E-state index contributed by atoms with van der Waals surface area (Å²) < 4.78 is 4.96. The largest absolute Gasteiger partial charge is 0.472 e. The number of nitrogens with zero attached hydrogens (tertiary/aromatic N) is 1. The predicted octanol–water partition coefficient (Wildman–Crippen LogP) is -0.280. The molecule has 4 nitrogen and oxygen atoms in total. The van der Waals surface area contributed by atoms with E-state index in [0.717, 1.165) is 0 Å². The van der Waals surface area contributed by atoms with Crippen molar-refractivity contribution in [2.75, 3.05) is 6.61 Å². The van der Waals surface area contributed by atoms with Crippen LogP contribution in [0.4, 0.5) is 0 Å². The molecule has 54 valence electrons. The lowest BCUT2D eigenvalue weighted by Gasteiger charge is -1.96. The quantitative estimate of drug-likeness (QED) is 0.406. The van der Waals surface area contributed by atoms with Crippen LogP contribution in [0.1, 0.15) is 0 Å². The fraction of sp³-hybridized carbons (Fsp3) is 0.200. The number of hydrogen-bond acceptors (Lipinski definition) is 3. The fourth-order valence-corrected chi connectivity index (χ4v) is 0.556. The van der Waals surface area contributed by atoms with Gasteiger partial charge < -0.3 is 10.5 Å². The van der Waals surface area contributed by atoms with Gasteiger partial charge in [0.15, 0.2) is 5.11 Å². The van der Waals surface area contributed by atoms with Gasteiger partial charge in [0.05, 0.1) is 0 Å². The second kappa shape index (κ2) is 3.17. The lowest BCUT2D eigenvalue weighted by Crippen LogP contribution is -2.25. The van der Waals surface area contributed by atoms with E-state index in [4.69, 9.17) is 10.5 Å². The predicted molar refractivity (Wildman–Crippen MR) is 42.4 cm³/mol. The van der Waals surface area contributed by atoms with Gasteiger partial charge in [0.25, 0.3) is 0 Å². The molecule has 0 aliphatic carbocycles. The van der Waals surface area contributed by atoms with E-state index >= 15 is 0 Å². The summed E-state index contributed by atoms with van der Waals surface area (Å²) in [7, 11) is 0. The van der Waals surface area contributed by atoms with Crippen LogP contribution in [0.25, 0.3) is 0 Å². The first-order valence-corrected chi connectivity index (χ1v) is 3.12. The smallest absolute Gasteiger partial charge is 0.231 e. The number of nitrogens with two attached hydrogens (primary N) is 1. The van der Waals surface area contributed by atoms with Crippen molar-refractivity contribution < 1.29 is 4.74 Å². The summed E-state index contributed by atoms with van der Waals surface area (Å²) in [5.74, 6) is 0.507. The third-order valence-electron chi connectivity index (χ3n) is 0.864. The summed E-state index contributed by atoms with van der Waals surface area (Å²) in [4.78, 5) is 0. The summed E-state index contributed by atoms with van der Waals surface area (Å²) in [5, 5.41) is 3.85. The topological polar surface area (TPSA) is 59.6 Å². The zero-order valence-electron chi connectivity index (χ0n) is 5.20. The molecular weight excluding hydrogens is 150 g/mol. The molecule has 0 aromatic rings. The second-order valence-electron chi connectivity index (χ2n) is 1.64. The zero-order valence-corrected chi connectivity index (χ0v) is 6.02. The maximum absolute atomic E-state index is 5.10. The van der Waals surface area contributed by atoms with Gasteiger partial charge in [-0.1, -0.05) is 0 Å². The Hall–Kier alpha value is -1.10. The number of rotatable bonds is 1. The Morgan fingerprint density at radius 3 is 3.20 bits per heavy atom.